The fourth-order valence-electron chi connectivity index (χ4n) is 5.19. The van der Waals surface area contributed by atoms with Crippen LogP contribution < -0.4 is 14.8 Å². The highest BCUT2D eigenvalue weighted by atomic mass is 35.5. The number of ether oxygens (including phenoxy) is 2. The van der Waals surface area contributed by atoms with Crippen LogP contribution in [0.1, 0.15) is 25.0 Å². The number of carbonyl (C=O) groups is 1. The minimum absolute atomic E-state index is 0.00619. The van der Waals surface area contributed by atoms with Crippen molar-refractivity contribution < 1.29 is 14.3 Å². The predicted molar refractivity (Wildman–Crippen MR) is 154 cm³/mol. The van der Waals surface area contributed by atoms with E-state index in [0.717, 1.165) is 55.4 Å². The van der Waals surface area contributed by atoms with Gasteiger partial charge in [0.2, 0.25) is 11.9 Å². The predicted octanol–water partition coefficient (Wildman–Crippen LogP) is 5.67. The Bertz CT molecular complexity index is 1540. The standard InChI is InChI=1S/C28H30Cl2N6O3/c1-5-22(37)35-10-9-16(14-35)7-6-8-18-15-36-26-17(13-32-28(31-2)34-26)11-19(27(36)33-18)23-24(29)20(38-3)12-21(39-4)25(23)30/h5,11-13,15-16H,1,6-10,14H2,2-4H3,(H,31,32,34). The average molecular weight is 569 g/mol. The van der Waals surface area contributed by atoms with Gasteiger partial charge >= 0.3 is 0 Å². The molecule has 1 amide bonds. The Morgan fingerprint density at radius 2 is 1.92 bits per heavy atom. The lowest BCUT2D eigenvalue weighted by Crippen LogP contribution is -2.26. The van der Waals surface area contributed by atoms with Crippen LogP contribution in [0, 0.1) is 5.92 Å². The quantitative estimate of drug-likeness (QED) is 0.260. The molecule has 1 atom stereocenters. The summed E-state index contributed by atoms with van der Waals surface area (Å²) < 4.78 is 13.0. The Morgan fingerprint density at radius 3 is 2.59 bits per heavy atom. The molecule has 39 heavy (non-hydrogen) atoms. The van der Waals surface area contributed by atoms with Crippen molar-refractivity contribution in [3.05, 3.63) is 52.9 Å². The van der Waals surface area contributed by atoms with Crippen LogP contribution in [-0.2, 0) is 11.2 Å². The minimum atomic E-state index is 0.00619. The fourth-order valence-corrected chi connectivity index (χ4v) is 5.90. The molecule has 11 heteroatoms. The van der Waals surface area contributed by atoms with Crippen molar-refractivity contribution in [2.24, 2.45) is 5.92 Å². The Labute approximate surface area is 236 Å². The zero-order chi connectivity index (χ0) is 27.7. The second-order valence-corrected chi connectivity index (χ2v) is 10.3. The van der Waals surface area contributed by atoms with Crippen LogP contribution in [0.15, 0.2) is 37.2 Å². The van der Waals surface area contributed by atoms with Gasteiger partial charge in [-0.3, -0.25) is 9.20 Å². The Hall–Kier alpha value is -3.56. The van der Waals surface area contributed by atoms with E-state index >= 15 is 0 Å². The van der Waals surface area contributed by atoms with Crippen LogP contribution in [0.2, 0.25) is 10.0 Å². The van der Waals surface area contributed by atoms with Gasteiger partial charge in [-0.2, -0.15) is 4.98 Å². The van der Waals surface area contributed by atoms with Crippen LogP contribution in [0.3, 0.4) is 0 Å². The largest absolute Gasteiger partial charge is 0.495 e. The number of halogens is 2. The van der Waals surface area contributed by atoms with Crippen molar-refractivity contribution in [1.82, 2.24) is 24.3 Å². The van der Waals surface area contributed by atoms with Crippen molar-refractivity contribution >= 4 is 51.7 Å². The third-order valence-corrected chi connectivity index (χ3v) is 7.96. The number of aromatic nitrogens is 4. The van der Waals surface area contributed by atoms with E-state index in [1.165, 1.54) is 6.08 Å². The first-order valence-corrected chi connectivity index (χ1v) is 13.5. The van der Waals surface area contributed by atoms with Gasteiger partial charge in [-0.05, 0) is 43.7 Å². The number of anilines is 1. The summed E-state index contributed by atoms with van der Waals surface area (Å²) in [5, 5.41) is 4.52. The van der Waals surface area contributed by atoms with Crippen LogP contribution in [-0.4, -0.2) is 64.5 Å². The summed E-state index contributed by atoms with van der Waals surface area (Å²) in [6, 6.07) is 3.61. The highest BCUT2D eigenvalue weighted by molar-refractivity contribution is 6.41. The number of nitrogens with one attached hydrogen (secondary N) is 1. The van der Waals surface area contributed by atoms with Crippen molar-refractivity contribution in [2.45, 2.75) is 25.7 Å². The van der Waals surface area contributed by atoms with Gasteiger partial charge in [-0.25, -0.2) is 9.97 Å². The number of carbonyl (C=O) groups excluding carboxylic acids is 1. The van der Waals surface area contributed by atoms with Crippen molar-refractivity contribution in [2.75, 3.05) is 39.7 Å². The topological polar surface area (TPSA) is 93.9 Å². The second kappa shape index (κ2) is 11.3. The number of likely N-dealkylation sites (tertiary alicyclic amines) is 1. The maximum Gasteiger partial charge on any atom is 0.245 e. The first-order chi connectivity index (χ1) is 18.9. The smallest absolute Gasteiger partial charge is 0.245 e. The van der Waals surface area contributed by atoms with E-state index in [0.29, 0.717) is 50.3 Å². The second-order valence-electron chi connectivity index (χ2n) is 9.53. The number of nitrogens with zero attached hydrogens (tertiary/aromatic N) is 5. The molecule has 1 aliphatic rings. The number of fused-ring (bicyclic) bond motifs is 3. The number of hydrogen-bond donors (Lipinski definition) is 1. The lowest BCUT2D eigenvalue weighted by molar-refractivity contribution is -0.125. The van der Waals surface area contributed by atoms with E-state index < -0.39 is 0 Å². The van der Waals surface area contributed by atoms with Gasteiger partial charge in [0.15, 0.2) is 5.65 Å². The maximum atomic E-state index is 11.9. The summed E-state index contributed by atoms with van der Waals surface area (Å²) in [6.45, 7) is 5.17. The first-order valence-electron chi connectivity index (χ1n) is 12.8. The van der Waals surface area contributed by atoms with E-state index in [-0.39, 0.29) is 5.91 Å². The molecule has 9 nitrogen and oxygen atoms in total. The van der Waals surface area contributed by atoms with E-state index in [9.17, 15) is 4.79 Å². The molecule has 1 fully saturated rings. The molecule has 204 valence electrons. The monoisotopic (exact) mass is 568 g/mol. The molecule has 0 bridgehead atoms. The number of methoxy groups -OCH3 is 2. The molecule has 4 aromatic rings. The molecule has 3 aromatic heterocycles. The summed E-state index contributed by atoms with van der Waals surface area (Å²) in [4.78, 5) is 27.9. The Kier molecular flexibility index (Phi) is 7.81. The summed E-state index contributed by atoms with van der Waals surface area (Å²) in [7, 11) is 4.87. The van der Waals surface area contributed by atoms with Crippen LogP contribution >= 0.6 is 23.2 Å². The Balaban J connectivity index is 1.55. The number of benzene rings is 1. The van der Waals surface area contributed by atoms with E-state index in [2.05, 4.69) is 16.9 Å². The SMILES string of the molecule is C=CC(=O)N1CCC(CCCc2cn3c(n2)c(-c2c(Cl)c(OC)cc(OC)c2Cl)cc2cnc(NC)nc23)C1. The molecule has 5 rings (SSSR count). The van der Waals surface area contributed by atoms with Crippen molar-refractivity contribution in [1.29, 1.82) is 0 Å². The normalized spacial score (nSPS) is 15.2. The number of hydrogen-bond acceptors (Lipinski definition) is 7. The molecule has 0 spiro atoms. The van der Waals surface area contributed by atoms with Crippen molar-refractivity contribution in [3.8, 4) is 22.6 Å². The number of amides is 1. The van der Waals surface area contributed by atoms with Crippen molar-refractivity contribution in [3.63, 3.8) is 0 Å². The first kappa shape index (κ1) is 27.0. The van der Waals surface area contributed by atoms with Crippen LogP contribution in [0.5, 0.6) is 11.5 Å². The van der Waals surface area contributed by atoms with Gasteiger partial charge in [-0.15, -0.1) is 0 Å². The number of rotatable bonds is 9. The van der Waals surface area contributed by atoms with Gasteiger partial charge < -0.3 is 19.7 Å². The fraction of sp³-hybridized carbons (Fsp3) is 0.357. The zero-order valence-corrected chi connectivity index (χ0v) is 23.6. The lowest BCUT2D eigenvalue weighted by atomic mass is 10.0. The molecule has 1 aromatic carbocycles. The number of aryl methyl sites for hydroxylation is 1. The molecule has 1 saturated heterocycles. The van der Waals surface area contributed by atoms with Gasteiger partial charge in [0.1, 0.15) is 17.1 Å². The highest BCUT2D eigenvalue weighted by Crippen LogP contribution is 2.47. The lowest BCUT2D eigenvalue weighted by Gasteiger charge is -2.16. The van der Waals surface area contributed by atoms with E-state index in [4.69, 9.17) is 42.6 Å². The maximum absolute atomic E-state index is 11.9. The molecule has 4 heterocycles. The number of pyridine rings is 1. The highest BCUT2D eigenvalue weighted by Gasteiger charge is 2.25. The van der Waals surface area contributed by atoms with Gasteiger partial charge in [0, 0.05) is 55.1 Å². The van der Waals surface area contributed by atoms with E-state index in [1.807, 2.05) is 21.6 Å². The third-order valence-electron chi connectivity index (χ3n) is 7.20. The average Bonchev–Trinajstić information content (AvgIpc) is 3.60. The molecule has 1 aliphatic heterocycles. The molecule has 1 N–H and O–H groups in total. The molecule has 0 radical (unpaired) electrons. The van der Waals surface area contributed by atoms with Crippen LogP contribution in [0.4, 0.5) is 5.95 Å². The number of imidazole rings is 1. The Morgan fingerprint density at radius 1 is 1.18 bits per heavy atom. The molecule has 0 aliphatic carbocycles. The summed E-state index contributed by atoms with van der Waals surface area (Å²) in [5.74, 6) is 1.88. The van der Waals surface area contributed by atoms with Gasteiger partial charge in [0.05, 0.1) is 30.0 Å². The van der Waals surface area contributed by atoms with Gasteiger partial charge in [0.25, 0.3) is 0 Å². The molecular weight excluding hydrogens is 539 g/mol. The zero-order valence-electron chi connectivity index (χ0n) is 22.1. The molecular formula is C28H30Cl2N6O3. The molecule has 0 saturated carbocycles. The van der Waals surface area contributed by atoms with E-state index in [1.54, 1.807) is 33.5 Å². The summed E-state index contributed by atoms with van der Waals surface area (Å²) in [5.41, 5.74) is 3.59. The van der Waals surface area contributed by atoms with Gasteiger partial charge in [-0.1, -0.05) is 29.8 Å². The van der Waals surface area contributed by atoms with Crippen LogP contribution in [0.25, 0.3) is 27.8 Å². The molecule has 1 unspecified atom stereocenters. The summed E-state index contributed by atoms with van der Waals surface area (Å²) in [6.07, 6.45) is 8.91. The third kappa shape index (κ3) is 5.08. The summed E-state index contributed by atoms with van der Waals surface area (Å²) >= 11 is 13.6. The minimum Gasteiger partial charge on any atom is -0.495 e.